The van der Waals surface area contributed by atoms with Crippen LogP contribution in [0.1, 0.15) is 44.9 Å². The van der Waals surface area contributed by atoms with Crippen molar-refractivity contribution in [3.63, 3.8) is 0 Å². The zero-order chi connectivity index (χ0) is 9.52. The third kappa shape index (κ3) is 5.24. The van der Waals surface area contributed by atoms with Crippen molar-refractivity contribution in [1.29, 1.82) is 0 Å². The topological polar surface area (TPSA) is 52.5 Å². The number of hydrogen-bond acceptors (Lipinski definition) is 3. The molecule has 1 fully saturated rings. The molecule has 0 unspecified atom stereocenters. The summed E-state index contributed by atoms with van der Waals surface area (Å²) >= 11 is 0. The van der Waals surface area contributed by atoms with Gasteiger partial charge in [-0.3, -0.25) is 0 Å². The van der Waals surface area contributed by atoms with Gasteiger partial charge in [0.05, 0.1) is 0 Å². The number of hydrogen-bond donors (Lipinski definition) is 3. The summed E-state index contributed by atoms with van der Waals surface area (Å²) in [5.41, 5.74) is 0. The molecular formula is C10H21NO2. The molecule has 0 bridgehead atoms. The van der Waals surface area contributed by atoms with Gasteiger partial charge in [-0.1, -0.05) is 19.3 Å². The van der Waals surface area contributed by atoms with Crippen molar-refractivity contribution in [2.24, 2.45) is 0 Å². The molecule has 3 N–H and O–H groups in total. The zero-order valence-corrected chi connectivity index (χ0v) is 8.21. The average Bonchev–Trinajstić information content (AvgIpc) is 2.14. The summed E-state index contributed by atoms with van der Waals surface area (Å²) in [6.45, 7) is 0.919. The van der Waals surface area contributed by atoms with Crippen molar-refractivity contribution in [1.82, 2.24) is 5.32 Å². The van der Waals surface area contributed by atoms with Crippen LogP contribution in [-0.2, 0) is 0 Å². The lowest BCUT2D eigenvalue weighted by Gasteiger charge is -2.22. The van der Waals surface area contributed by atoms with Crippen molar-refractivity contribution in [3.8, 4) is 0 Å². The van der Waals surface area contributed by atoms with E-state index in [1.54, 1.807) is 0 Å². The Hall–Kier alpha value is -0.120. The highest BCUT2D eigenvalue weighted by molar-refractivity contribution is 4.71. The van der Waals surface area contributed by atoms with Crippen LogP contribution in [-0.4, -0.2) is 29.1 Å². The molecule has 0 saturated heterocycles. The monoisotopic (exact) mass is 187 g/mol. The Morgan fingerprint density at radius 2 is 1.85 bits per heavy atom. The summed E-state index contributed by atoms with van der Waals surface area (Å²) in [7, 11) is 0. The summed E-state index contributed by atoms with van der Waals surface area (Å²) in [5.74, 6) is 0. The summed E-state index contributed by atoms with van der Waals surface area (Å²) in [4.78, 5) is 0. The molecule has 1 rings (SSSR count). The average molecular weight is 187 g/mol. The fourth-order valence-electron chi connectivity index (χ4n) is 1.90. The van der Waals surface area contributed by atoms with Crippen molar-refractivity contribution in [2.75, 3.05) is 6.54 Å². The molecule has 3 heteroatoms. The van der Waals surface area contributed by atoms with E-state index in [0.29, 0.717) is 12.5 Å². The van der Waals surface area contributed by atoms with Crippen LogP contribution >= 0.6 is 0 Å². The molecule has 0 aliphatic heterocycles. The standard InChI is InChI=1S/C10H21NO2/c12-10(13)7-4-8-11-9-5-2-1-3-6-9/h9-13H,1-8H2. The second-order valence-electron chi connectivity index (χ2n) is 3.91. The fraction of sp³-hybridized carbons (Fsp3) is 1.00. The molecule has 0 heterocycles. The van der Waals surface area contributed by atoms with Crippen LogP contribution in [0.2, 0.25) is 0 Å². The van der Waals surface area contributed by atoms with E-state index in [2.05, 4.69) is 5.32 Å². The first-order chi connectivity index (χ1) is 6.29. The lowest BCUT2D eigenvalue weighted by atomic mass is 9.95. The van der Waals surface area contributed by atoms with Crippen LogP contribution < -0.4 is 5.32 Å². The Kier molecular flexibility index (Phi) is 5.35. The van der Waals surface area contributed by atoms with Gasteiger partial charge in [-0.15, -0.1) is 0 Å². The highest BCUT2D eigenvalue weighted by Gasteiger charge is 2.11. The third-order valence-electron chi connectivity index (χ3n) is 2.68. The van der Waals surface area contributed by atoms with Crippen LogP contribution in [0.3, 0.4) is 0 Å². The molecule has 13 heavy (non-hydrogen) atoms. The van der Waals surface area contributed by atoms with Crippen molar-refractivity contribution < 1.29 is 10.2 Å². The van der Waals surface area contributed by atoms with E-state index >= 15 is 0 Å². The molecule has 0 amide bonds. The van der Waals surface area contributed by atoms with E-state index in [0.717, 1.165) is 13.0 Å². The van der Waals surface area contributed by atoms with Gasteiger partial charge in [-0.05, 0) is 32.2 Å². The van der Waals surface area contributed by atoms with Crippen molar-refractivity contribution in [2.45, 2.75) is 57.3 Å². The first-order valence-corrected chi connectivity index (χ1v) is 5.38. The van der Waals surface area contributed by atoms with Gasteiger partial charge in [0.1, 0.15) is 0 Å². The van der Waals surface area contributed by atoms with Crippen molar-refractivity contribution >= 4 is 0 Å². The molecule has 78 valence electrons. The van der Waals surface area contributed by atoms with Gasteiger partial charge < -0.3 is 15.5 Å². The second-order valence-corrected chi connectivity index (χ2v) is 3.91. The molecule has 0 radical (unpaired) electrons. The van der Waals surface area contributed by atoms with E-state index < -0.39 is 6.29 Å². The van der Waals surface area contributed by atoms with Gasteiger partial charge in [-0.2, -0.15) is 0 Å². The van der Waals surface area contributed by atoms with Gasteiger partial charge >= 0.3 is 0 Å². The van der Waals surface area contributed by atoms with E-state index in [1.807, 2.05) is 0 Å². The molecule has 0 spiro atoms. The second kappa shape index (κ2) is 6.35. The van der Waals surface area contributed by atoms with E-state index in [9.17, 15) is 0 Å². The van der Waals surface area contributed by atoms with Gasteiger partial charge in [0, 0.05) is 6.04 Å². The summed E-state index contributed by atoms with van der Waals surface area (Å²) < 4.78 is 0. The van der Waals surface area contributed by atoms with Crippen LogP contribution in [0.4, 0.5) is 0 Å². The largest absolute Gasteiger partial charge is 0.368 e. The molecular weight excluding hydrogens is 166 g/mol. The Morgan fingerprint density at radius 1 is 1.15 bits per heavy atom. The molecule has 3 nitrogen and oxygen atoms in total. The fourth-order valence-corrected chi connectivity index (χ4v) is 1.90. The maximum Gasteiger partial charge on any atom is 0.151 e. The van der Waals surface area contributed by atoms with E-state index in [-0.39, 0.29) is 0 Å². The minimum Gasteiger partial charge on any atom is -0.368 e. The highest BCUT2D eigenvalue weighted by Crippen LogP contribution is 2.17. The number of rotatable bonds is 5. The number of aliphatic hydroxyl groups excluding tert-OH is 1. The normalized spacial score (nSPS) is 19.6. The quantitative estimate of drug-likeness (QED) is 0.444. The SMILES string of the molecule is OC(O)CCCNC1CCCCC1. The smallest absolute Gasteiger partial charge is 0.151 e. The Morgan fingerprint density at radius 3 is 2.46 bits per heavy atom. The molecule has 0 aromatic carbocycles. The predicted octanol–water partition coefficient (Wildman–Crippen LogP) is 1.000. The van der Waals surface area contributed by atoms with Gasteiger partial charge in [0.25, 0.3) is 0 Å². The van der Waals surface area contributed by atoms with Gasteiger partial charge in [-0.25, -0.2) is 0 Å². The van der Waals surface area contributed by atoms with E-state index in [1.165, 1.54) is 32.1 Å². The van der Waals surface area contributed by atoms with E-state index in [4.69, 9.17) is 10.2 Å². The number of aliphatic hydroxyl groups is 2. The first-order valence-electron chi connectivity index (χ1n) is 5.38. The van der Waals surface area contributed by atoms with Gasteiger partial charge in [0.2, 0.25) is 0 Å². The van der Waals surface area contributed by atoms with Crippen LogP contribution in [0.25, 0.3) is 0 Å². The van der Waals surface area contributed by atoms with Crippen LogP contribution in [0.5, 0.6) is 0 Å². The first kappa shape index (κ1) is 11.0. The third-order valence-corrected chi connectivity index (χ3v) is 2.68. The summed E-state index contributed by atoms with van der Waals surface area (Å²) in [6, 6.07) is 0.685. The minimum atomic E-state index is -1.13. The molecule has 1 saturated carbocycles. The Balaban J connectivity index is 1.92. The lowest BCUT2D eigenvalue weighted by Crippen LogP contribution is -2.32. The molecule has 1 aliphatic rings. The minimum absolute atomic E-state index is 0.486. The van der Waals surface area contributed by atoms with Crippen LogP contribution in [0, 0.1) is 0 Å². The predicted molar refractivity (Wildman–Crippen MR) is 52.3 cm³/mol. The lowest BCUT2D eigenvalue weighted by molar-refractivity contribution is -0.0462. The van der Waals surface area contributed by atoms with Gasteiger partial charge in [0.15, 0.2) is 6.29 Å². The van der Waals surface area contributed by atoms with Crippen molar-refractivity contribution in [3.05, 3.63) is 0 Å². The maximum absolute atomic E-state index is 8.62. The van der Waals surface area contributed by atoms with Crippen LogP contribution in [0.15, 0.2) is 0 Å². The Bertz CT molecular complexity index is 122. The highest BCUT2D eigenvalue weighted by atomic mass is 16.5. The molecule has 0 aromatic heterocycles. The summed E-state index contributed by atoms with van der Waals surface area (Å²) in [6.07, 6.45) is 6.87. The summed E-state index contributed by atoms with van der Waals surface area (Å²) in [5, 5.41) is 20.7. The zero-order valence-electron chi connectivity index (χ0n) is 8.21. The molecule has 0 aromatic rings. The Labute approximate surface area is 80.2 Å². The number of nitrogens with one attached hydrogen (secondary N) is 1. The molecule has 1 aliphatic carbocycles. The maximum atomic E-state index is 8.62. The molecule has 0 atom stereocenters.